The van der Waals surface area contributed by atoms with Crippen molar-refractivity contribution >= 4 is 23.8 Å². The summed E-state index contributed by atoms with van der Waals surface area (Å²) in [6.45, 7) is 0.0835. The van der Waals surface area contributed by atoms with Crippen LogP contribution in [-0.4, -0.2) is 58.4 Å². The molecule has 26 heavy (non-hydrogen) atoms. The van der Waals surface area contributed by atoms with Gasteiger partial charge in [0.05, 0.1) is 5.92 Å². The van der Waals surface area contributed by atoms with Crippen molar-refractivity contribution in [3.05, 3.63) is 35.4 Å². The van der Waals surface area contributed by atoms with Crippen molar-refractivity contribution in [2.45, 2.75) is 24.8 Å². The van der Waals surface area contributed by atoms with E-state index in [-0.39, 0.29) is 13.1 Å². The van der Waals surface area contributed by atoms with Crippen molar-refractivity contribution in [2.75, 3.05) is 19.6 Å². The molecule has 1 aromatic carbocycles. The fraction of sp³-hybridized carbons (Fsp3) is 0.444. The number of nitrogens with one attached hydrogen (secondary N) is 1. The summed E-state index contributed by atoms with van der Waals surface area (Å²) in [5.74, 6) is -2.33. The average Bonchev–Trinajstić information content (AvgIpc) is 3.30. The molecule has 0 bridgehead atoms. The third-order valence-corrected chi connectivity index (χ3v) is 5.61. The van der Waals surface area contributed by atoms with Crippen LogP contribution >= 0.6 is 0 Å². The standard InChI is InChI=1S/C18H19N3O5/c22-14(20-8-6-12(9-20)15(23)24)10-21-16(25)18(19-17(21)26)7-5-11-3-1-2-4-13(11)18/h1-4,12H,5-10H2,(H,19,26)(H,23,24)/t12-,18+/m1/s1. The van der Waals surface area contributed by atoms with E-state index in [9.17, 15) is 19.2 Å². The highest BCUT2D eigenvalue weighted by Gasteiger charge is 2.55. The molecular weight excluding hydrogens is 338 g/mol. The lowest BCUT2D eigenvalue weighted by atomic mass is 9.92. The van der Waals surface area contributed by atoms with Crippen LogP contribution < -0.4 is 5.32 Å². The zero-order valence-corrected chi connectivity index (χ0v) is 14.1. The predicted octanol–water partition coefficient (Wildman–Crippen LogP) is 0.313. The molecule has 1 aromatic rings. The van der Waals surface area contributed by atoms with E-state index >= 15 is 0 Å². The fourth-order valence-corrected chi connectivity index (χ4v) is 4.16. The summed E-state index contributed by atoms with van der Waals surface area (Å²) < 4.78 is 0. The summed E-state index contributed by atoms with van der Waals surface area (Å²) in [7, 11) is 0. The van der Waals surface area contributed by atoms with Gasteiger partial charge < -0.3 is 15.3 Å². The second-order valence-electron chi connectivity index (χ2n) is 7.05. The van der Waals surface area contributed by atoms with Crippen molar-refractivity contribution in [1.29, 1.82) is 0 Å². The quantitative estimate of drug-likeness (QED) is 0.758. The van der Waals surface area contributed by atoms with Crippen LogP contribution in [0.25, 0.3) is 0 Å². The molecule has 3 aliphatic rings. The first-order chi connectivity index (χ1) is 12.4. The van der Waals surface area contributed by atoms with E-state index in [0.717, 1.165) is 16.0 Å². The number of aryl methyl sites for hydroxylation is 1. The fourth-order valence-electron chi connectivity index (χ4n) is 4.16. The first-order valence-electron chi connectivity index (χ1n) is 8.65. The summed E-state index contributed by atoms with van der Waals surface area (Å²) in [4.78, 5) is 51.3. The van der Waals surface area contributed by atoms with Gasteiger partial charge in [-0.05, 0) is 30.4 Å². The topological polar surface area (TPSA) is 107 Å². The molecule has 8 heteroatoms. The van der Waals surface area contributed by atoms with E-state index in [1.54, 1.807) is 0 Å². The van der Waals surface area contributed by atoms with Crippen LogP contribution in [-0.2, 0) is 26.3 Å². The maximum Gasteiger partial charge on any atom is 0.325 e. The van der Waals surface area contributed by atoms with E-state index in [1.165, 1.54) is 4.90 Å². The number of carbonyl (C=O) groups is 4. The summed E-state index contributed by atoms with van der Waals surface area (Å²) in [6, 6.07) is 6.92. The lowest BCUT2D eigenvalue weighted by molar-refractivity contribution is -0.142. The van der Waals surface area contributed by atoms with E-state index < -0.39 is 35.3 Å². The van der Waals surface area contributed by atoms with Gasteiger partial charge in [0, 0.05) is 13.1 Å². The zero-order chi connectivity index (χ0) is 18.5. The molecule has 136 valence electrons. The van der Waals surface area contributed by atoms with E-state index in [4.69, 9.17) is 5.11 Å². The number of aliphatic carboxylic acids is 1. The molecule has 2 heterocycles. The van der Waals surface area contributed by atoms with Crippen LogP contribution in [0.15, 0.2) is 24.3 Å². The van der Waals surface area contributed by atoms with Crippen molar-refractivity contribution < 1.29 is 24.3 Å². The molecule has 2 aliphatic heterocycles. The maximum absolute atomic E-state index is 13.0. The monoisotopic (exact) mass is 357 g/mol. The van der Waals surface area contributed by atoms with Gasteiger partial charge in [-0.3, -0.25) is 19.3 Å². The molecule has 2 N–H and O–H groups in total. The van der Waals surface area contributed by atoms with Gasteiger partial charge in [0.15, 0.2) is 0 Å². The molecular formula is C18H19N3O5. The second-order valence-corrected chi connectivity index (χ2v) is 7.05. The van der Waals surface area contributed by atoms with E-state index in [2.05, 4.69) is 5.32 Å². The number of urea groups is 1. The Labute approximate surface area is 149 Å². The van der Waals surface area contributed by atoms with Gasteiger partial charge in [-0.15, -0.1) is 0 Å². The lowest BCUT2D eigenvalue weighted by Gasteiger charge is -2.23. The van der Waals surface area contributed by atoms with Crippen LogP contribution in [0.2, 0.25) is 0 Å². The van der Waals surface area contributed by atoms with Gasteiger partial charge in [-0.2, -0.15) is 0 Å². The molecule has 0 radical (unpaired) electrons. The highest BCUT2D eigenvalue weighted by molar-refractivity contribution is 6.10. The number of imide groups is 1. The molecule has 2 saturated heterocycles. The Hall–Kier alpha value is -2.90. The van der Waals surface area contributed by atoms with Gasteiger partial charge in [0.2, 0.25) is 5.91 Å². The van der Waals surface area contributed by atoms with E-state index in [0.29, 0.717) is 25.8 Å². The van der Waals surface area contributed by atoms with Gasteiger partial charge in [0.1, 0.15) is 12.1 Å². The molecule has 1 spiro atoms. The molecule has 2 fully saturated rings. The molecule has 4 rings (SSSR count). The number of likely N-dealkylation sites (tertiary alicyclic amines) is 1. The van der Waals surface area contributed by atoms with Crippen LogP contribution in [0.3, 0.4) is 0 Å². The molecule has 2 atom stereocenters. The number of carbonyl (C=O) groups excluding carboxylic acids is 3. The van der Waals surface area contributed by atoms with Gasteiger partial charge >= 0.3 is 12.0 Å². The number of fused-ring (bicyclic) bond motifs is 2. The number of benzene rings is 1. The Balaban J connectivity index is 1.51. The van der Waals surface area contributed by atoms with Crippen molar-refractivity contribution in [2.24, 2.45) is 5.92 Å². The Morgan fingerprint density at radius 2 is 2.04 bits per heavy atom. The van der Waals surface area contributed by atoms with Crippen LogP contribution in [0.5, 0.6) is 0 Å². The summed E-state index contributed by atoms with van der Waals surface area (Å²) in [6.07, 6.45) is 1.56. The van der Waals surface area contributed by atoms with Crippen molar-refractivity contribution in [3.8, 4) is 0 Å². The summed E-state index contributed by atoms with van der Waals surface area (Å²) in [5.41, 5.74) is 0.737. The third-order valence-electron chi connectivity index (χ3n) is 5.61. The van der Waals surface area contributed by atoms with Crippen molar-refractivity contribution in [1.82, 2.24) is 15.1 Å². The number of carboxylic acid groups (broad SMARTS) is 1. The maximum atomic E-state index is 13.0. The largest absolute Gasteiger partial charge is 0.481 e. The Bertz CT molecular complexity index is 823. The van der Waals surface area contributed by atoms with Crippen LogP contribution in [0.1, 0.15) is 24.0 Å². The Kier molecular flexibility index (Phi) is 3.71. The Morgan fingerprint density at radius 3 is 2.77 bits per heavy atom. The number of rotatable bonds is 3. The smallest absolute Gasteiger partial charge is 0.325 e. The molecule has 0 saturated carbocycles. The molecule has 1 aliphatic carbocycles. The predicted molar refractivity (Wildman–Crippen MR) is 89.0 cm³/mol. The number of hydrogen-bond acceptors (Lipinski definition) is 4. The first kappa shape index (κ1) is 16.6. The minimum Gasteiger partial charge on any atom is -0.481 e. The number of amides is 4. The summed E-state index contributed by atoms with van der Waals surface area (Å²) in [5, 5.41) is 11.8. The Morgan fingerprint density at radius 1 is 1.27 bits per heavy atom. The first-order valence-corrected chi connectivity index (χ1v) is 8.65. The number of nitrogens with zero attached hydrogens (tertiary/aromatic N) is 2. The normalized spacial score (nSPS) is 27.2. The van der Waals surface area contributed by atoms with Gasteiger partial charge in [-0.25, -0.2) is 4.79 Å². The van der Waals surface area contributed by atoms with E-state index in [1.807, 2.05) is 24.3 Å². The molecule has 0 aromatic heterocycles. The van der Waals surface area contributed by atoms with Crippen LogP contribution in [0, 0.1) is 5.92 Å². The molecule has 8 nitrogen and oxygen atoms in total. The van der Waals surface area contributed by atoms with Crippen molar-refractivity contribution in [3.63, 3.8) is 0 Å². The minimum atomic E-state index is -1.08. The number of hydrogen-bond donors (Lipinski definition) is 2. The average molecular weight is 357 g/mol. The zero-order valence-electron chi connectivity index (χ0n) is 14.1. The second kappa shape index (κ2) is 5.82. The van der Waals surface area contributed by atoms with Gasteiger partial charge in [0.25, 0.3) is 5.91 Å². The highest BCUT2D eigenvalue weighted by atomic mass is 16.4. The third kappa shape index (κ3) is 2.36. The highest BCUT2D eigenvalue weighted by Crippen LogP contribution is 2.41. The van der Waals surface area contributed by atoms with Gasteiger partial charge in [-0.1, -0.05) is 24.3 Å². The molecule has 4 amide bonds. The molecule has 0 unspecified atom stereocenters. The SMILES string of the molecule is O=C(O)[C@@H]1CCN(C(=O)CN2C(=O)N[C@]3(CCc4ccccc43)C2=O)C1. The summed E-state index contributed by atoms with van der Waals surface area (Å²) >= 11 is 0. The number of carboxylic acids is 1. The lowest BCUT2D eigenvalue weighted by Crippen LogP contribution is -2.44. The minimum absolute atomic E-state index is 0.117. The van der Waals surface area contributed by atoms with Crippen LogP contribution in [0.4, 0.5) is 4.79 Å².